The quantitative estimate of drug-likeness (QED) is 0.392. The Balaban J connectivity index is 1.55. The van der Waals surface area contributed by atoms with Gasteiger partial charge in [0.2, 0.25) is 5.72 Å². The molecule has 2 aromatic heterocycles. The molecular weight excluding hydrogens is 376 g/mol. The second-order valence-electron chi connectivity index (χ2n) is 7.32. The van der Waals surface area contributed by atoms with Crippen LogP contribution in [0.3, 0.4) is 0 Å². The molecule has 1 aliphatic carbocycles. The van der Waals surface area contributed by atoms with Crippen molar-refractivity contribution in [1.29, 1.82) is 0 Å². The predicted octanol–water partition coefficient (Wildman–Crippen LogP) is 3.25. The van der Waals surface area contributed by atoms with Gasteiger partial charge in [0, 0.05) is 24.7 Å². The zero-order valence-corrected chi connectivity index (χ0v) is 16.9. The van der Waals surface area contributed by atoms with Crippen molar-refractivity contribution in [2.75, 3.05) is 5.32 Å². The van der Waals surface area contributed by atoms with Crippen LogP contribution in [0.2, 0.25) is 0 Å². The largest absolute Gasteiger partial charge is 0.362 e. The lowest BCUT2D eigenvalue weighted by molar-refractivity contribution is -0.812. The van der Waals surface area contributed by atoms with Crippen molar-refractivity contribution >= 4 is 17.2 Å². The van der Waals surface area contributed by atoms with Gasteiger partial charge in [-0.25, -0.2) is 4.57 Å². The molecule has 7 heteroatoms. The van der Waals surface area contributed by atoms with E-state index in [1.54, 1.807) is 17.0 Å². The number of anilines is 1. The first-order valence-electron chi connectivity index (χ1n) is 9.68. The summed E-state index contributed by atoms with van der Waals surface area (Å²) in [5.74, 6) is 0.760. The minimum absolute atomic E-state index is 0.720. The standard InChI is InChI=1S/C23H23N6O/c1-22(29-18-8-6-16-24-29)14-4-5-15-23(22,30)25-19-10-12-20(13-11-19)26-27-21-9-3-7-17-28(21)2/h3-18,30H,1-2H3/q+1/p+1. The summed E-state index contributed by atoms with van der Waals surface area (Å²) in [7, 11) is 1.92. The van der Waals surface area contributed by atoms with Gasteiger partial charge in [-0.1, -0.05) is 22.9 Å². The van der Waals surface area contributed by atoms with Gasteiger partial charge in [0.15, 0.2) is 6.20 Å². The number of aryl methyl sites for hydroxylation is 1. The van der Waals surface area contributed by atoms with Gasteiger partial charge in [-0.05, 0) is 58.8 Å². The van der Waals surface area contributed by atoms with Crippen LogP contribution in [0.25, 0.3) is 0 Å². The van der Waals surface area contributed by atoms with E-state index in [1.165, 1.54) is 0 Å². The van der Waals surface area contributed by atoms with Gasteiger partial charge in [0.1, 0.15) is 5.69 Å². The summed E-state index contributed by atoms with van der Waals surface area (Å²) in [6.45, 7) is 1.93. The number of rotatable bonds is 5. The van der Waals surface area contributed by atoms with E-state index in [1.807, 2.05) is 104 Å². The first kappa shape index (κ1) is 19.6. The third-order valence-electron chi connectivity index (χ3n) is 5.23. The van der Waals surface area contributed by atoms with Crippen molar-refractivity contribution < 1.29 is 14.4 Å². The SMILES string of the molecule is C[n+]1ccccc1N=Nc1ccc(NC2(O)C=CC=CC2(C)[n+]2ccccn2)cc1. The Bertz CT molecular complexity index is 1110. The Morgan fingerprint density at radius 2 is 1.70 bits per heavy atom. The molecule has 0 saturated heterocycles. The topological polar surface area (TPSA) is 77.6 Å². The number of allylic oxidation sites excluding steroid dienone is 2. The average molecular weight is 400 g/mol. The number of azo groups is 1. The normalized spacial score (nSPS) is 23.0. The number of aromatic nitrogens is 3. The fraction of sp³-hybridized carbons (Fsp3) is 0.174. The highest BCUT2D eigenvalue weighted by atomic mass is 16.3. The number of aliphatic hydroxyl groups is 1. The molecule has 0 bridgehead atoms. The number of hydrogen-bond acceptors (Lipinski definition) is 5. The molecule has 1 aliphatic rings. The molecule has 0 spiro atoms. The number of nitrogens with zero attached hydrogens (tertiary/aromatic N) is 5. The van der Waals surface area contributed by atoms with E-state index in [9.17, 15) is 5.11 Å². The van der Waals surface area contributed by atoms with Crippen molar-refractivity contribution in [2.24, 2.45) is 17.3 Å². The fourth-order valence-electron chi connectivity index (χ4n) is 3.32. The molecule has 0 fully saturated rings. The van der Waals surface area contributed by atoms with E-state index in [2.05, 4.69) is 20.6 Å². The molecule has 150 valence electrons. The van der Waals surface area contributed by atoms with Crippen LogP contribution in [0, 0.1) is 0 Å². The molecule has 1 aromatic carbocycles. The van der Waals surface area contributed by atoms with E-state index >= 15 is 0 Å². The van der Waals surface area contributed by atoms with Gasteiger partial charge in [0.05, 0.1) is 24.6 Å². The molecular formula is C23H24N6O+2. The van der Waals surface area contributed by atoms with Gasteiger partial charge in [-0.2, -0.15) is 0 Å². The average Bonchev–Trinajstić information content (AvgIpc) is 2.77. The maximum atomic E-state index is 11.5. The zero-order valence-electron chi connectivity index (χ0n) is 16.9. The van der Waals surface area contributed by atoms with Crippen LogP contribution in [-0.2, 0) is 12.6 Å². The van der Waals surface area contributed by atoms with Crippen molar-refractivity contribution in [3.05, 3.63) is 97.5 Å². The predicted molar refractivity (Wildman–Crippen MR) is 113 cm³/mol. The molecule has 0 saturated carbocycles. The van der Waals surface area contributed by atoms with Crippen molar-refractivity contribution in [3.8, 4) is 0 Å². The minimum Gasteiger partial charge on any atom is -0.362 e. The summed E-state index contributed by atoms with van der Waals surface area (Å²) in [5.41, 5.74) is -0.716. The van der Waals surface area contributed by atoms with Gasteiger partial charge >= 0.3 is 5.82 Å². The summed E-state index contributed by atoms with van der Waals surface area (Å²) in [5, 5.41) is 27.7. The van der Waals surface area contributed by atoms with Gasteiger partial charge in [0.25, 0.3) is 5.54 Å². The first-order valence-corrected chi connectivity index (χ1v) is 9.68. The van der Waals surface area contributed by atoms with E-state index < -0.39 is 11.3 Å². The molecule has 0 amide bonds. The fourth-order valence-corrected chi connectivity index (χ4v) is 3.32. The van der Waals surface area contributed by atoms with Crippen LogP contribution < -0.4 is 14.6 Å². The highest BCUT2D eigenvalue weighted by Gasteiger charge is 2.54. The molecule has 0 radical (unpaired) electrons. The number of nitrogens with one attached hydrogen (secondary N) is 1. The Labute approximate surface area is 175 Å². The second-order valence-corrected chi connectivity index (χ2v) is 7.32. The lowest BCUT2D eigenvalue weighted by atomic mass is 9.84. The van der Waals surface area contributed by atoms with Gasteiger partial charge < -0.3 is 10.4 Å². The van der Waals surface area contributed by atoms with Crippen molar-refractivity contribution in [2.45, 2.75) is 18.2 Å². The van der Waals surface area contributed by atoms with Gasteiger partial charge in [-0.15, -0.1) is 0 Å². The lowest BCUT2D eigenvalue weighted by Gasteiger charge is -2.37. The van der Waals surface area contributed by atoms with Crippen molar-refractivity contribution in [3.63, 3.8) is 0 Å². The smallest absolute Gasteiger partial charge is 0.350 e. The lowest BCUT2D eigenvalue weighted by Crippen LogP contribution is -2.70. The maximum absolute atomic E-state index is 11.5. The number of pyridine rings is 1. The molecule has 30 heavy (non-hydrogen) atoms. The van der Waals surface area contributed by atoms with Crippen molar-refractivity contribution in [1.82, 2.24) is 5.10 Å². The van der Waals surface area contributed by atoms with E-state index in [0.29, 0.717) is 0 Å². The second kappa shape index (κ2) is 7.96. The molecule has 2 atom stereocenters. The highest BCUT2D eigenvalue weighted by molar-refractivity contribution is 5.53. The molecule has 3 aromatic rings. The van der Waals surface area contributed by atoms with Crippen LogP contribution in [0.4, 0.5) is 17.2 Å². The maximum Gasteiger partial charge on any atom is 0.350 e. The number of hydrogen-bond donors (Lipinski definition) is 2. The zero-order chi connectivity index (χ0) is 21.0. The highest BCUT2D eigenvalue weighted by Crippen LogP contribution is 2.32. The van der Waals surface area contributed by atoms with Crippen LogP contribution >= 0.6 is 0 Å². The Morgan fingerprint density at radius 3 is 2.43 bits per heavy atom. The van der Waals surface area contributed by atoms with E-state index in [0.717, 1.165) is 17.2 Å². The Morgan fingerprint density at radius 1 is 0.933 bits per heavy atom. The monoisotopic (exact) mass is 400 g/mol. The van der Waals surface area contributed by atoms with E-state index in [-0.39, 0.29) is 0 Å². The third kappa shape index (κ3) is 3.75. The Hall–Kier alpha value is -3.71. The summed E-state index contributed by atoms with van der Waals surface area (Å²) >= 11 is 0. The summed E-state index contributed by atoms with van der Waals surface area (Å²) in [6, 6.07) is 16.9. The summed E-state index contributed by atoms with van der Waals surface area (Å²) in [6.07, 6.45) is 12.8. The number of benzene rings is 1. The van der Waals surface area contributed by atoms with Crippen LogP contribution in [0.15, 0.2) is 108 Å². The molecule has 7 nitrogen and oxygen atoms in total. The summed E-state index contributed by atoms with van der Waals surface area (Å²) in [4.78, 5) is 0. The van der Waals surface area contributed by atoms with Crippen LogP contribution in [0.5, 0.6) is 0 Å². The molecule has 2 heterocycles. The third-order valence-corrected chi connectivity index (χ3v) is 5.23. The Kier molecular flexibility index (Phi) is 5.20. The molecule has 2 N–H and O–H groups in total. The molecule has 0 aliphatic heterocycles. The summed E-state index contributed by atoms with van der Waals surface area (Å²) < 4.78 is 3.64. The molecule has 4 rings (SSSR count). The van der Waals surface area contributed by atoms with Gasteiger partial charge in [-0.3, -0.25) is 0 Å². The first-order chi connectivity index (χ1) is 14.5. The molecule has 2 unspecified atom stereocenters. The van der Waals surface area contributed by atoms with Crippen LogP contribution in [-0.4, -0.2) is 15.9 Å². The van der Waals surface area contributed by atoms with Crippen LogP contribution in [0.1, 0.15) is 6.92 Å². The van der Waals surface area contributed by atoms with E-state index in [4.69, 9.17) is 0 Å². The minimum atomic E-state index is -1.37.